The predicted molar refractivity (Wildman–Crippen MR) is 96.9 cm³/mol. The minimum Gasteiger partial charge on any atom is -0.459 e. The topological polar surface area (TPSA) is 35.5 Å². The Bertz CT molecular complexity index is 724. The van der Waals surface area contributed by atoms with Gasteiger partial charge in [-0.25, -0.2) is 4.79 Å². The van der Waals surface area contributed by atoms with Crippen LogP contribution in [-0.2, 0) is 10.2 Å². The van der Waals surface area contributed by atoms with Gasteiger partial charge in [0.05, 0.1) is 6.10 Å². The molecule has 0 aromatic heterocycles. The number of para-hydroxylation sites is 1. The van der Waals surface area contributed by atoms with E-state index in [-0.39, 0.29) is 17.5 Å². The molecule has 2 aromatic rings. The molecule has 0 amide bonds. The quantitative estimate of drug-likeness (QED) is 0.681. The van der Waals surface area contributed by atoms with Gasteiger partial charge in [0, 0.05) is 5.56 Å². The highest BCUT2D eigenvalue weighted by Gasteiger charge is 2.22. The zero-order valence-corrected chi connectivity index (χ0v) is 15.3. The lowest BCUT2D eigenvalue weighted by molar-refractivity contribution is 0.0374. The minimum atomic E-state index is -0.355. The Kier molecular flexibility index (Phi) is 5.33. The Hall–Kier alpha value is -2.29. The molecular formula is C21H26O3. The highest BCUT2D eigenvalue weighted by Crippen LogP contribution is 2.36. The third-order valence-electron chi connectivity index (χ3n) is 3.70. The Morgan fingerprint density at radius 3 is 2.21 bits per heavy atom. The van der Waals surface area contributed by atoms with Crippen LogP contribution >= 0.6 is 0 Å². The molecule has 2 aromatic carbocycles. The van der Waals surface area contributed by atoms with Crippen molar-refractivity contribution in [2.45, 2.75) is 53.1 Å². The van der Waals surface area contributed by atoms with Crippen LogP contribution in [-0.4, -0.2) is 12.1 Å². The van der Waals surface area contributed by atoms with Gasteiger partial charge in [-0.2, -0.15) is 0 Å². The summed E-state index contributed by atoms with van der Waals surface area (Å²) in [7, 11) is 0. The van der Waals surface area contributed by atoms with Gasteiger partial charge < -0.3 is 9.47 Å². The fourth-order valence-electron chi connectivity index (χ4n) is 2.55. The number of aryl methyl sites for hydroxylation is 1. The van der Waals surface area contributed by atoms with Crippen LogP contribution in [0.25, 0.3) is 0 Å². The van der Waals surface area contributed by atoms with Crippen molar-refractivity contribution < 1.29 is 14.3 Å². The van der Waals surface area contributed by atoms with Crippen LogP contribution in [0.15, 0.2) is 42.5 Å². The standard InChI is InChI=1S/C21H26O3/c1-14(2)23-20(22)19-15(3)10-9-13-18(19)24-17-12-8-7-11-16(17)21(4,5)6/h7-14H,1-6H3. The highest BCUT2D eigenvalue weighted by atomic mass is 16.5. The first-order valence-corrected chi connectivity index (χ1v) is 8.28. The van der Waals surface area contributed by atoms with Gasteiger partial charge in [-0.15, -0.1) is 0 Å². The van der Waals surface area contributed by atoms with E-state index in [4.69, 9.17) is 9.47 Å². The molecule has 2 rings (SSSR count). The molecule has 0 N–H and O–H groups in total. The van der Waals surface area contributed by atoms with Crippen molar-refractivity contribution in [3.8, 4) is 11.5 Å². The number of carbonyl (C=O) groups is 1. The van der Waals surface area contributed by atoms with E-state index in [9.17, 15) is 4.79 Å². The Balaban J connectivity index is 2.45. The van der Waals surface area contributed by atoms with Crippen molar-refractivity contribution in [2.75, 3.05) is 0 Å². The summed E-state index contributed by atoms with van der Waals surface area (Å²) in [6, 6.07) is 13.5. The summed E-state index contributed by atoms with van der Waals surface area (Å²) in [6.45, 7) is 12.0. The fraction of sp³-hybridized carbons (Fsp3) is 0.381. The summed E-state index contributed by atoms with van der Waals surface area (Å²) in [6.07, 6.45) is -0.174. The van der Waals surface area contributed by atoms with E-state index < -0.39 is 0 Å². The Labute approximate surface area is 144 Å². The molecule has 0 spiro atoms. The highest BCUT2D eigenvalue weighted by molar-refractivity contribution is 5.94. The van der Waals surface area contributed by atoms with Gasteiger partial charge in [-0.3, -0.25) is 0 Å². The molecule has 3 heteroatoms. The largest absolute Gasteiger partial charge is 0.459 e. The monoisotopic (exact) mass is 326 g/mol. The summed E-state index contributed by atoms with van der Waals surface area (Å²) in [5, 5.41) is 0. The molecule has 0 heterocycles. The summed E-state index contributed by atoms with van der Waals surface area (Å²) in [5.74, 6) is 0.929. The number of carbonyl (C=O) groups excluding carboxylic acids is 1. The number of benzene rings is 2. The van der Waals surface area contributed by atoms with Crippen LogP contribution in [0.2, 0.25) is 0 Å². The van der Waals surface area contributed by atoms with Crippen molar-refractivity contribution >= 4 is 5.97 Å². The molecule has 0 radical (unpaired) electrons. The summed E-state index contributed by atoms with van der Waals surface area (Å²) < 4.78 is 11.5. The van der Waals surface area contributed by atoms with Crippen molar-refractivity contribution in [3.63, 3.8) is 0 Å². The molecule has 0 aliphatic carbocycles. The van der Waals surface area contributed by atoms with Gasteiger partial charge in [0.15, 0.2) is 0 Å². The lowest BCUT2D eigenvalue weighted by Gasteiger charge is -2.23. The van der Waals surface area contributed by atoms with Crippen molar-refractivity contribution in [3.05, 3.63) is 59.2 Å². The van der Waals surface area contributed by atoms with Gasteiger partial charge >= 0.3 is 5.97 Å². The van der Waals surface area contributed by atoms with Gasteiger partial charge in [-0.05, 0) is 43.9 Å². The number of hydrogen-bond donors (Lipinski definition) is 0. The molecule has 0 fully saturated rings. The molecule has 0 aliphatic heterocycles. The maximum Gasteiger partial charge on any atom is 0.342 e. The van der Waals surface area contributed by atoms with E-state index in [1.54, 1.807) is 0 Å². The van der Waals surface area contributed by atoms with E-state index in [2.05, 4.69) is 26.8 Å². The van der Waals surface area contributed by atoms with Gasteiger partial charge in [0.1, 0.15) is 17.1 Å². The third-order valence-corrected chi connectivity index (χ3v) is 3.70. The molecule has 0 atom stereocenters. The number of rotatable bonds is 4. The molecule has 24 heavy (non-hydrogen) atoms. The summed E-state index contributed by atoms with van der Waals surface area (Å²) in [5.41, 5.74) is 2.36. The average molecular weight is 326 g/mol. The van der Waals surface area contributed by atoms with E-state index >= 15 is 0 Å². The van der Waals surface area contributed by atoms with Gasteiger partial charge in [0.2, 0.25) is 0 Å². The second-order valence-electron chi connectivity index (χ2n) is 7.25. The minimum absolute atomic E-state index is 0.0565. The molecular weight excluding hydrogens is 300 g/mol. The average Bonchev–Trinajstić information content (AvgIpc) is 2.46. The molecule has 0 bridgehead atoms. The van der Waals surface area contributed by atoms with E-state index in [1.165, 1.54) is 0 Å². The van der Waals surface area contributed by atoms with Gasteiger partial charge in [0.25, 0.3) is 0 Å². The first kappa shape index (κ1) is 18.1. The van der Waals surface area contributed by atoms with E-state index in [0.717, 1.165) is 16.9 Å². The second kappa shape index (κ2) is 7.08. The first-order valence-electron chi connectivity index (χ1n) is 8.28. The maximum atomic E-state index is 12.5. The first-order chi connectivity index (χ1) is 11.2. The van der Waals surface area contributed by atoms with Gasteiger partial charge in [-0.1, -0.05) is 51.1 Å². The van der Waals surface area contributed by atoms with Crippen molar-refractivity contribution in [2.24, 2.45) is 0 Å². The number of ether oxygens (including phenoxy) is 2. The van der Waals surface area contributed by atoms with Crippen LogP contribution in [0, 0.1) is 6.92 Å². The molecule has 0 unspecified atom stereocenters. The summed E-state index contributed by atoms with van der Waals surface area (Å²) in [4.78, 5) is 12.5. The SMILES string of the molecule is Cc1cccc(Oc2ccccc2C(C)(C)C)c1C(=O)OC(C)C. The van der Waals surface area contributed by atoms with Crippen LogP contribution in [0.5, 0.6) is 11.5 Å². The second-order valence-corrected chi connectivity index (χ2v) is 7.25. The number of hydrogen-bond acceptors (Lipinski definition) is 3. The Morgan fingerprint density at radius 2 is 1.58 bits per heavy atom. The zero-order chi connectivity index (χ0) is 17.9. The van der Waals surface area contributed by atoms with Crippen LogP contribution in [0.4, 0.5) is 0 Å². The molecule has 0 aliphatic rings. The molecule has 0 saturated carbocycles. The van der Waals surface area contributed by atoms with Crippen molar-refractivity contribution in [1.29, 1.82) is 0 Å². The van der Waals surface area contributed by atoms with Crippen LogP contribution < -0.4 is 4.74 Å². The zero-order valence-electron chi connectivity index (χ0n) is 15.3. The third kappa shape index (κ3) is 4.16. The Morgan fingerprint density at radius 1 is 0.958 bits per heavy atom. The lowest BCUT2D eigenvalue weighted by atomic mass is 9.86. The van der Waals surface area contributed by atoms with Crippen molar-refractivity contribution in [1.82, 2.24) is 0 Å². The molecule has 0 saturated heterocycles. The number of esters is 1. The van der Waals surface area contributed by atoms with Crippen LogP contribution in [0.3, 0.4) is 0 Å². The smallest absolute Gasteiger partial charge is 0.342 e. The predicted octanol–water partition coefficient (Wildman–Crippen LogP) is 5.65. The van der Waals surface area contributed by atoms with Crippen LogP contribution in [0.1, 0.15) is 56.1 Å². The maximum absolute atomic E-state index is 12.5. The normalized spacial score (nSPS) is 11.5. The summed E-state index contributed by atoms with van der Waals surface area (Å²) >= 11 is 0. The molecule has 128 valence electrons. The molecule has 3 nitrogen and oxygen atoms in total. The fourth-order valence-corrected chi connectivity index (χ4v) is 2.55. The van der Waals surface area contributed by atoms with E-state index in [0.29, 0.717) is 11.3 Å². The lowest BCUT2D eigenvalue weighted by Crippen LogP contribution is -2.15. The van der Waals surface area contributed by atoms with E-state index in [1.807, 2.05) is 57.2 Å².